The molecule has 1 N–H and O–H groups in total. The number of pyridine rings is 1. The first-order valence-corrected chi connectivity index (χ1v) is 4.91. The number of methoxy groups -OCH3 is 1. The van der Waals surface area contributed by atoms with Crippen LogP contribution in [0.2, 0.25) is 0 Å². The van der Waals surface area contributed by atoms with Crippen LogP contribution in [0.25, 0.3) is 0 Å². The average molecular weight is 225 g/mol. The highest BCUT2D eigenvalue weighted by Crippen LogP contribution is 2.18. The minimum Gasteiger partial charge on any atom is -0.486 e. The number of aromatic nitrogens is 1. The summed E-state index contributed by atoms with van der Waals surface area (Å²) in [6.07, 6.45) is -0.215. The van der Waals surface area contributed by atoms with Crippen LogP contribution in [-0.4, -0.2) is 35.9 Å². The van der Waals surface area contributed by atoms with Gasteiger partial charge in [0.15, 0.2) is 11.4 Å². The minimum atomic E-state index is -1.09. The van der Waals surface area contributed by atoms with Crippen molar-refractivity contribution in [1.82, 2.24) is 4.98 Å². The van der Waals surface area contributed by atoms with E-state index in [1.54, 1.807) is 33.1 Å². The Kier molecular flexibility index (Phi) is 4.25. The molecule has 0 saturated carbocycles. The third kappa shape index (κ3) is 3.20. The van der Waals surface area contributed by atoms with Crippen molar-refractivity contribution in [3.05, 3.63) is 23.5 Å². The topological polar surface area (TPSA) is 68.7 Å². The molecule has 16 heavy (non-hydrogen) atoms. The van der Waals surface area contributed by atoms with Gasteiger partial charge in [0.25, 0.3) is 0 Å². The van der Waals surface area contributed by atoms with Crippen LogP contribution in [0.1, 0.15) is 23.1 Å². The van der Waals surface area contributed by atoms with Gasteiger partial charge in [0.1, 0.15) is 6.10 Å². The summed E-state index contributed by atoms with van der Waals surface area (Å²) in [6, 6.07) is 3.32. The predicted octanol–water partition coefficient (Wildman–Crippen LogP) is 1.50. The second-order valence-corrected chi connectivity index (χ2v) is 3.49. The first kappa shape index (κ1) is 12.4. The molecule has 1 aromatic heterocycles. The molecular formula is C11H15NO4. The highest BCUT2D eigenvalue weighted by Gasteiger charge is 2.15. The SMILES string of the molecule is COCC(C)Oc1ccc(C)nc1C(=O)O. The summed E-state index contributed by atoms with van der Waals surface area (Å²) in [5, 5.41) is 8.96. The zero-order valence-corrected chi connectivity index (χ0v) is 9.56. The van der Waals surface area contributed by atoms with E-state index >= 15 is 0 Å². The van der Waals surface area contributed by atoms with Crippen molar-refractivity contribution in [2.24, 2.45) is 0 Å². The van der Waals surface area contributed by atoms with Gasteiger partial charge in [-0.15, -0.1) is 0 Å². The fraction of sp³-hybridized carbons (Fsp3) is 0.455. The number of hydrogen-bond acceptors (Lipinski definition) is 4. The van der Waals surface area contributed by atoms with Gasteiger partial charge >= 0.3 is 5.97 Å². The Morgan fingerprint density at radius 1 is 1.56 bits per heavy atom. The normalized spacial score (nSPS) is 12.2. The highest BCUT2D eigenvalue weighted by atomic mass is 16.5. The van der Waals surface area contributed by atoms with E-state index < -0.39 is 5.97 Å². The lowest BCUT2D eigenvalue weighted by atomic mass is 10.3. The Morgan fingerprint density at radius 3 is 2.81 bits per heavy atom. The van der Waals surface area contributed by atoms with Crippen LogP contribution >= 0.6 is 0 Å². The number of hydrogen-bond donors (Lipinski definition) is 1. The Hall–Kier alpha value is -1.62. The molecule has 0 amide bonds. The fourth-order valence-corrected chi connectivity index (χ4v) is 1.28. The van der Waals surface area contributed by atoms with Crippen LogP contribution in [0.4, 0.5) is 0 Å². The number of carbonyl (C=O) groups is 1. The second-order valence-electron chi connectivity index (χ2n) is 3.49. The summed E-state index contributed by atoms with van der Waals surface area (Å²) >= 11 is 0. The van der Waals surface area contributed by atoms with Crippen LogP contribution in [0.3, 0.4) is 0 Å². The van der Waals surface area contributed by atoms with E-state index in [1.807, 2.05) is 0 Å². The maximum absolute atomic E-state index is 10.9. The van der Waals surface area contributed by atoms with Crippen LogP contribution in [0, 0.1) is 6.92 Å². The minimum absolute atomic E-state index is 0.0667. The Balaban J connectivity index is 2.90. The molecule has 1 atom stereocenters. The average Bonchev–Trinajstić information content (AvgIpc) is 2.20. The fourth-order valence-electron chi connectivity index (χ4n) is 1.28. The highest BCUT2D eigenvalue weighted by molar-refractivity contribution is 5.88. The molecule has 0 aliphatic heterocycles. The molecule has 0 aliphatic rings. The zero-order valence-electron chi connectivity index (χ0n) is 9.56. The molecule has 1 unspecified atom stereocenters. The number of carboxylic acid groups (broad SMARTS) is 1. The van der Waals surface area contributed by atoms with Crippen molar-refractivity contribution in [2.75, 3.05) is 13.7 Å². The summed E-state index contributed by atoms with van der Waals surface area (Å²) < 4.78 is 10.3. The molecule has 0 saturated heterocycles. The van der Waals surface area contributed by atoms with Crippen molar-refractivity contribution in [2.45, 2.75) is 20.0 Å². The first-order chi connectivity index (χ1) is 7.54. The first-order valence-electron chi connectivity index (χ1n) is 4.91. The van der Waals surface area contributed by atoms with Crippen molar-refractivity contribution in [1.29, 1.82) is 0 Å². The Labute approximate surface area is 94.0 Å². The van der Waals surface area contributed by atoms with E-state index in [2.05, 4.69) is 4.98 Å². The Bertz CT molecular complexity index is 378. The molecule has 1 heterocycles. The van der Waals surface area contributed by atoms with Gasteiger partial charge in [-0.3, -0.25) is 0 Å². The third-order valence-corrected chi connectivity index (χ3v) is 1.93. The second kappa shape index (κ2) is 5.46. The van der Waals surface area contributed by atoms with Crippen molar-refractivity contribution in [3.63, 3.8) is 0 Å². The number of aryl methyl sites for hydroxylation is 1. The number of carboxylic acids is 1. The molecular weight excluding hydrogens is 210 g/mol. The molecule has 5 heteroatoms. The van der Waals surface area contributed by atoms with E-state index in [-0.39, 0.29) is 17.5 Å². The van der Waals surface area contributed by atoms with Crippen LogP contribution in [0.5, 0.6) is 5.75 Å². The molecule has 0 aromatic carbocycles. The maximum Gasteiger partial charge on any atom is 0.358 e. The summed E-state index contributed by atoms with van der Waals surface area (Å²) in [5.74, 6) is -0.828. The summed E-state index contributed by atoms with van der Waals surface area (Å²) in [4.78, 5) is 14.9. The smallest absolute Gasteiger partial charge is 0.358 e. The third-order valence-electron chi connectivity index (χ3n) is 1.93. The number of ether oxygens (including phenoxy) is 2. The largest absolute Gasteiger partial charge is 0.486 e. The number of nitrogens with zero attached hydrogens (tertiary/aromatic N) is 1. The lowest BCUT2D eigenvalue weighted by Crippen LogP contribution is -2.20. The van der Waals surface area contributed by atoms with Crippen LogP contribution < -0.4 is 4.74 Å². The van der Waals surface area contributed by atoms with E-state index in [0.717, 1.165) is 0 Å². The molecule has 0 aliphatic carbocycles. The standard InChI is InChI=1S/C11H15NO4/c1-7-4-5-9(10(12-7)11(13)14)16-8(2)6-15-3/h4-5,8H,6H2,1-3H3,(H,13,14). The maximum atomic E-state index is 10.9. The van der Waals surface area contributed by atoms with Crippen LogP contribution in [0.15, 0.2) is 12.1 Å². The van der Waals surface area contributed by atoms with Crippen molar-refractivity contribution in [3.8, 4) is 5.75 Å². The van der Waals surface area contributed by atoms with E-state index in [9.17, 15) is 4.79 Å². The number of rotatable bonds is 5. The summed E-state index contributed by atoms with van der Waals surface area (Å²) in [7, 11) is 1.56. The molecule has 5 nitrogen and oxygen atoms in total. The molecule has 0 spiro atoms. The predicted molar refractivity (Wildman–Crippen MR) is 57.9 cm³/mol. The molecule has 0 radical (unpaired) electrons. The summed E-state index contributed by atoms with van der Waals surface area (Å²) in [6.45, 7) is 3.93. The van der Waals surface area contributed by atoms with Crippen LogP contribution in [-0.2, 0) is 4.74 Å². The lowest BCUT2D eigenvalue weighted by Gasteiger charge is -2.15. The molecule has 0 fully saturated rings. The van der Waals surface area contributed by atoms with Gasteiger partial charge < -0.3 is 14.6 Å². The van der Waals surface area contributed by atoms with Crippen molar-refractivity contribution >= 4 is 5.97 Å². The Morgan fingerprint density at radius 2 is 2.25 bits per heavy atom. The molecule has 1 aromatic rings. The lowest BCUT2D eigenvalue weighted by molar-refractivity contribution is 0.0665. The quantitative estimate of drug-likeness (QED) is 0.822. The van der Waals surface area contributed by atoms with Crippen molar-refractivity contribution < 1.29 is 19.4 Å². The van der Waals surface area contributed by atoms with Gasteiger partial charge in [0.05, 0.1) is 6.61 Å². The van der Waals surface area contributed by atoms with Gasteiger partial charge in [-0.1, -0.05) is 0 Å². The van der Waals surface area contributed by atoms with E-state index in [0.29, 0.717) is 12.3 Å². The van der Waals surface area contributed by atoms with Gasteiger partial charge in [-0.05, 0) is 26.0 Å². The molecule has 0 bridgehead atoms. The molecule has 88 valence electrons. The zero-order chi connectivity index (χ0) is 12.1. The van der Waals surface area contributed by atoms with Gasteiger partial charge in [-0.25, -0.2) is 9.78 Å². The monoisotopic (exact) mass is 225 g/mol. The molecule has 1 rings (SSSR count). The summed E-state index contributed by atoms with van der Waals surface area (Å²) in [5.41, 5.74) is 0.576. The van der Waals surface area contributed by atoms with E-state index in [1.165, 1.54) is 0 Å². The van der Waals surface area contributed by atoms with Gasteiger partial charge in [0, 0.05) is 12.8 Å². The van der Waals surface area contributed by atoms with Gasteiger partial charge in [0.2, 0.25) is 0 Å². The van der Waals surface area contributed by atoms with E-state index in [4.69, 9.17) is 14.6 Å². The number of aromatic carboxylic acids is 1. The van der Waals surface area contributed by atoms with Gasteiger partial charge in [-0.2, -0.15) is 0 Å².